The average molecular weight is 270 g/mol. The van der Waals surface area contributed by atoms with Crippen molar-refractivity contribution in [3.63, 3.8) is 0 Å². The van der Waals surface area contributed by atoms with E-state index in [1.807, 2.05) is 0 Å². The first-order chi connectivity index (χ1) is 8.58. The summed E-state index contributed by atoms with van der Waals surface area (Å²) < 4.78 is 0. The van der Waals surface area contributed by atoms with E-state index in [0.717, 1.165) is 35.0 Å². The summed E-state index contributed by atoms with van der Waals surface area (Å²) >= 11 is 1.64. The molecule has 0 amide bonds. The van der Waals surface area contributed by atoms with Crippen LogP contribution in [0.25, 0.3) is 0 Å². The maximum absolute atomic E-state index is 9.46. The van der Waals surface area contributed by atoms with Gasteiger partial charge in [0.25, 0.3) is 0 Å². The first-order valence-electron chi connectivity index (χ1n) is 6.92. The van der Waals surface area contributed by atoms with E-state index in [0.29, 0.717) is 12.0 Å². The van der Waals surface area contributed by atoms with E-state index in [1.165, 1.54) is 0 Å². The molecule has 0 aliphatic heterocycles. The van der Waals surface area contributed by atoms with Crippen molar-refractivity contribution in [2.24, 2.45) is 0 Å². The summed E-state index contributed by atoms with van der Waals surface area (Å²) in [5.41, 5.74) is 1.08. The minimum Gasteiger partial charge on any atom is -0.391 e. The Balaban J connectivity index is 3.00. The summed E-state index contributed by atoms with van der Waals surface area (Å²) in [6.45, 7) is 8.86. The highest BCUT2D eigenvalue weighted by Crippen LogP contribution is 2.33. The molecule has 0 fully saturated rings. The Kier molecular flexibility index (Phi) is 6.09. The van der Waals surface area contributed by atoms with Crippen LogP contribution in [0.5, 0.6) is 0 Å². The standard InChI is InChI=1S/C14H26N2OS/c1-6-10(4)13-12(9-17)18-14(15-13)16(5)11(7-2)8-3/h10-11,17H,6-9H2,1-5H3. The fourth-order valence-electron chi connectivity index (χ4n) is 2.19. The molecule has 1 atom stereocenters. The fraction of sp³-hybridized carbons (Fsp3) is 0.786. The molecule has 0 aliphatic rings. The van der Waals surface area contributed by atoms with Gasteiger partial charge in [0.1, 0.15) is 0 Å². The number of aliphatic hydroxyl groups is 1. The first kappa shape index (κ1) is 15.4. The maximum Gasteiger partial charge on any atom is 0.185 e. The predicted octanol–water partition coefficient (Wildman–Crippen LogP) is 3.77. The number of nitrogens with zero attached hydrogens (tertiary/aromatic N) is 2. The molecule has 1 aromatic rings. The van der Waals surface area contributed by atoms with E-state index in [-0.39, 0.29) is 6.61 Å². The lowest BCUT2D eigenvalue weighted by molar-refractivity contribution is 0.283. The normalized spacial score (nSPS) is 13.1. The van der Waals surface area contributed by atoms with Gasteiger partial charge in [-0.1, -0.05) is 39.0 Å². The Morgan fingerprint density at radius 3 is 2.28 bits per heavy atom. The second-order valence-electron chi connectivity index (χ2n) is 4.85. The molecule has 4 heteroatoms. The number of anilines is 1. The van der Waals surface area contributed by atoms with Gasteiger partial charge in [0.05, 0.1) is 17.2 Å². The van der Waals surface area contributed by atoms with Gasteiger partial charge < -0.3 is 10.0 Å². The van der Waals surface area contributed by atoms with Crippen LogP contribution < -0.4 is 4.90 Å². The van der Waals surface area contributed by atoms with Crippen molar-refractivity contribution in [3.8, 4) is 0 Å². The molecule has 104 valence electrons. The van der Waals surface area contributed by atoms with Crippen molar-refractivity contribution in [1.82, 2.24) is 4.98 Å². The van der Waals surface area contributed by atoms with Crippen molar-refractivity contribution in [2.45, 2.75) is 65.5 Å². The van der Waals surface area contributed by atoms with Gasteiger partial charge in [0.15, 0.2) is 5.13 Å². The number of rotatable bonds is 7. The number of thiazole rings is 1. The van der Waals surface area contributed by atoms with Crippen LogP contribution in [-0.4, -0.2) is 23.2 Å². The average Bonchev–Trinajstić information content (AvgIpc) is 2.83. The van der Waals surface area contributed by atoms with Crippen molar-refractivity contribution < 1.29 is 5.11 Å². The summed E-state index contributed by atoms with van der Waals surface area (Å²) in [4.78, 5) is 8.04. The molecule has 18 heavy (non-hydrogen) atoms. The van der Waals surface area contributed by atoms with Crippen molar-refractivity contribution in [3.05, 3.63) is 10.6 Å². The summed E-state index contributed by atoms with van der Waals surface area (Å²) in [6.07, 6.45) is 3.31. The minimum absolute atomic E-state index is 0.105. The van der Waals surface area contributed by atoms with E-state index in [2.05, 4.69) is 39.6 Å². The van der Waals surface area contributed by atoms with E-state index in [4.69, 9.17) is 4.98 Å². The third-order valence-electron chi connectivity index (χ3n) is 3.73. The SMILES string of the molecule is CCC(C)c1nc(N(C)C(CC)CC)sc1CO. The lowest BCUT2D eigenvalue weighted by Gasteiger charge is -2.25. The van der Waals surface area contributed by atoms with E-state index < -0.39 is 0 Å². The Morgan fingerprint density at radius 1 is 1.22 bits per heavy atom. The number of hydrogen-bond donors (Lipinski definition) is 1. The molecule has 0 aromatic carbocycles. The van der Waals surface area contributed by atoms with Gasteiger partial charge >= 0.3 is 0 Å². The highest BCUT2D eigenvalue weighted by molar-refractivity contribution is 7.15. The Bertz CT molecular complexity index is 361. The van der Waals surface area contributed by atoms with Crippen LogP contribution in [0.15, 0.2) is 0 Å². The molecule has 1 N–H and O–H groups in total. The highest BCUT2D eigenvalue weighted by Gasteiger charge is 2.20. The second kappa shape index (κ2) is 7.10. The third kappa shape index (κ3) is 3.23. The molecule has 1 heterocycles. The quantitative estimate of drug-likeness (QED) is 0.819. The molecule has 0 aliphatic carbocycles. The second-order valence-corrected chi connectivity index (χ2v) is 5.92. The molecule has 1 rings (SSSR count). The van der Waals surface area contributed by atoms with Gasteiger partial charge in [-0.2, -0.15) is 0 Å². The number of hydrogen-bond acceptors (Lipinski definition) is 4. The molecule has 0 radical (unpaired) electrons. The summed E-state index contributed by atoms with van der Waals surface area (Å²) in [7, 11) is 2.11. The Morgan fingerprint density at radius 2 is 1.83 bits per heavy atom. The van der Waals surface area contributed by atoms with E-state index >= 15 is 0 Å². The lowest BCUT2D eigenvalue weighted by atomic mass is 10.0. The van der Waals surface area contributed by atoms with Gasteiger partial charge in [-0.3, -0.25) is 0 Å². The van der Waals surface area contributed by atoms with Crippen LogP contribution in [0.2, 0.25) is 0 Å². The monoisotopic (exact) mass is 270 g/mol. The third-order valence-corrected chi connectivity index (χ3v) is 4.88. The van der Waals surface area contributed by atoms with E-state index in [9.17, 15) is 5.11 Å². The van der Waals surface area contributed by atoms with Crippen molar-refractivity contribution >= 4 is 16.5 Å². The zero-order chi connectivity index (χ0) is 13.7. The molecular formula is C14H26N2OS. The van der Waals surface area contributed by atoms with Crippen LogP contribution in [0.3, 0.4) is 0 Å². The molecule has 0 spiro atoms. The van der Waals surface area contributed by atoms with Crippen LogP contribution >= 0.6 is 11.3 Å². The molecule has 0 saturated carbocycles. The van der Waals surface area contributed by atoms with Gasteiger partial charge in [0, 0.05) is 13.1 Å². The van der Waals surface area contributed by atoms with Gasteiger partial charge in [-0.15, -0.1) is 0 Å². The number of aromatic nitrogens is 1. The van der Waals surface area contributed by atoms with Crippen LogP contribution in [-0.2, 0) is 6.61 Å². The zero-order valence-corrected chi connectivity index (χ0v) is 13.0. The molecule has 1 unspecified atom stereocenters. The topological polar surface area (TPSA) is 36.4 Å². The lowest BCUT2D eigenvalue weighted by Crippen LogP contribution is -2.30. The van der Waals surface area contributed by atoms with E-state index in [1.54, 1.807) is 11.3 Å². The van der Waals surface area contributed by atoms with Crippen LogP contribution in [0.4, 0.5) is 5.13 Å². The summed E-state index contributed by atoms with van der Waals surface area (Å²) in [5, 5.41) is 10.5. The summed E-state index contributed by atoms with van der Waals surface area (Å²) in [6, 6.07) is 0.535. The molecule has 0 bridgehead atoms. The minimum atomic E-state index is 0.105. The van der Waals surface area contributed by atoms with Gasteiger partial charge in [0.2, 0.25) is 0 Å². The molecule has 0 saturated heterocycles. The van der Waals surface area contributed by atoms with Crippen LogP contribution in [0.1, 0.15) is 63.4 Å². The zero-order valence-electron chi connectivity index (χ0n) is 12.2. The Labute approximate surface area is 115 Å². The van der Waals surface area contributed by atoms with Gasteiger partial charge in [-0.25, -0.2) is 4.98 Å². The Hall–Kier alpha value is -0.610. The maximum atomic E-state index is 9.46. The van der Waals surface area contributed by atoms with Crippen molar-refractivity contribution in [1.29, 1.82) is 0 Å². The smallest absolute Gasteiger partial charge is 0.185 e. The summed E-state index contributed by atoms with van der Waals surface area (Å²) in [5.74, 6) is 0.423. The molecule has 3 nitrogen and oxygen atoms in total. The fourth-order valence-corrected chi connectivity index (χ4v) is 3.26. The van der Waals surface area contributed by atoms with Gasteiger partial charge in [-0.05, 0) is 25.2 Å². The molecule has 1 aromatic heterocycles. The number of aliphatic hydroxyl groups excluding tert-OH is 1. The van der Waals surface area contributed by atoms with Crippen LogP contribution in [0, 0.1) is 0 Å². The first-order valence-corrected chi connectivity index (χ1v) is 7.73. The van der Waals surface area contributed by atoms with Crippen molar-refractivity contribution in [2.75, 3.05) is 11.9 Å². The predicted molar refractivity (Wildman–Crippen MR) is 79.5 cm³/mol. The molecular weight excluding hydrogens is 244 g/mol. The highest BCUT2D eigenvalue weighted by atomic mass is 32.1. The largest absolute Gasteiger partial charge is 0.391 e.